The molecule has 84 valence electrons. The first kappa shape index (κ1) is 12.5. The van der Waals surface area contributed by atoms with Crippen molar-refractivity contribution in [3.63, 3.8) is 0 Å². The highest BCUT2D eigenvalue weighted by atomic mass is 28.4. The van der Waals surface area contributed by atoms with Crippen molar-refractivity contribution in [1.29, 1.82) is 0 Å². The van der Waals surface area contributed by atoms with E-state index in [0.29, 0.717) is 0 Å². The molecule has 2 heteroatoms. The molecule has 0 aliphatic heterocycles. The topological polar surface area (TPSA) is 9.23 Å². The molecule has 0 saturated carbocycles. The Kier molecular flexibility index (Phi) is 3.74. The summed E-state index contributed by atoms with van der Waals surface area (Å²) in [6.45, 7) is 11.1. The third kappa shape index (κ3) is 3.47. The Morgan fingerprint density at radius 2 is 1.67 bits per heavy atom. The van der Waals surface area contributed by atoms with Crippen molar-refractivity contribution in [1.82, 2.24) is 0 Å². The summed E-state index contributed by atoms with van der Waals surface area (Å²) in [5.74, 6) is 0. The fourth-order valence-corrected chi connectivity index (χ4v) is 3.42. The molecule has 1 rings (SSSR count). The van der Waals surface area contributed by atoms with Gasteiger partial charge in [-0.05, 0) is 38.5 Å². The fourth-order valence-electron chi connectivity index (χ4n) is 1.80. The number of hydrogen-bond acceptors (Lipinski definition) is 1. The Morgan fingerprint density at radius 3 is 2.07 bits per heavy atom. The largest absolute Gasteiger partial charge is 0.408 e. The molecule has 15 heavy (non-hydrogen) atoms. The van der Waals surface area contributed by atoms with Crippen molar-refractivity contribution < 1.29 is 4.43 Å². The van der Waals surface area contributed by atoms with E-state index in [1.165, 1.54) is 5.56 Å². The molecule has 0 radical (unpaired) electrons. The van der Waals surface area contributed by atoms with E-state index in [0.717, 1.165) is 6.42 Å². The first-order valence-electron chi connectivity index (χ1n) is 5.63. The average molecular weight is 222 g/mol. The summed E-state index contributed by atoms with van der Waals surface area (Å²) in [4.78, 5) is 0. The van der Waals surface area contributed by atoms with Crippen molar-refractivity contribution >= 4 is 8.32 Å². The molecule has 0 heterocycles. The number of hydrogen-bond donors (Lipinski definition) is 0. The van der Waals surface area contributed by atoms with Crippen molar-refractivity contribution in [3.05, 3.63) is 35.9 Å². The highest BCUT2D eigenvalue weighted by Gasteiger charge is 2.31. The zero-order valence-electron chi connectivity index (χ0n) is 10.5. The molecule has 0 spiro atoms. The molecule has 1 aromatic rings. The van der Waals surface area contributed by atoms with Gasteiger partial charge in [0, 0.05) is 0 Å². The summed E-state index contributed by atoms with van der Waals surface area (Å²) in [6, 6.07) is 10.5. The highest BCUT2D eigenvalue weighted by molar-refractivity contribution is 6.69. The van der Waals surface area contributed by atoms with Gasteiger partial charge in [0.2, 0.25) is 0 Å². The molecule has 1 aromatic carbocycles. The molecule has 1 nitrogen and oxygen atoms in total. The van der Waals surface area contributed by atoms with Crippen LogP contribution in [0.4, 0.5) is 0 Å². The van der Waals surface area contributed by atoms with Gasteiger partial charge in [-0.15, -0.1) is 0 Å². The molecule has 0 aliphatic rings. The summed E-state index contributed by atoms with van der Waals surface area (Å²) >= 11 is 0. The van der Waals surface area contributed by atoms with E-state index in [-0.39, 0.29) is 5.60 Å². The third-order valence-electron chi connectivity index (χ3n) is 2.59. The Bertz CT molecular complexity index is 302. The standard InChI is InChI=1S/C13H22OSi/c1-6-13(2,14-15(3,4)5)12-10-8-7-9-11-12/h7-11H,6H2,1-5H3. The van der Waals surface area contributed by atoms with E-state index in [1.54, 1.807) is 0 Å². The van der Waals surface area contributed by atoms with Gasteiger partial charge in [0.1, 0.15) is 0 Å². The lowest BCUT2D eigenvalue weighted by atomic mass is 9.94. The lowest BCUT2D eigenvalue weighted by Gasteiger charge is -2.36. The summed E-state index contributed by atoms with van der Waals surface area (Å²) < 4.78 is 6.30. The Morgan fingerprint density at radius 1 is 1.13 bits per heavy atom. The minimum Gasteiger partial charge on any atom is -0.408 e. The van der Waals surface area contributed by atoms with E-state index < -0.39 is 8.32 Å². The first-order chi connectivity index (χ1) is 6.87. The second kappa shape index (κ2) is 4.50. The molecular weight excluding hydrogens is 200 g/mol. The van der Waals surface area contributed by atoms with Gasteiger partial charge in [0.15, 0.2) is 8.32 Å². The quantitative estimate of drug-likeness (QED) is 0.695. The Hall–Kier alpha value is -0.603. The van der Waals surface area contributed by atoms with Crippen LogP contribution in [0.3, 0.4) is 0 Å². The Labute approximate surface area is 94.6 Å². The van der Waals surface area contributed by atoms with Crippen molar-refractivity contribution in [2.75, 3.05) is 0 Å². The van der Waals surface area contributed by atoms with Crippen LogP contribution in [0.25, 0.3) is 0 Å². The second-order valence-electron chi connectivity index (χ2n) is 5.16. The van der Waals surface area contributed by atoms with E-state index in [1.807, 2.05) is 6.07 Å². The van der Waals surface area contributed by atoms with Gasteiger partial charge >= 0.3 is 0 Å². The molecule has 0 amide bonds. The van der Waals surface area contributed by atoms with Crippen LogP contribution in [0.5, 0.6) is 0 Å². The summed E-state index contributed by atoms with van der Waals surface area (Å²) in [6.07, 6.45) is 1.02. The first-order valence-corrected chi connectivity index (χ1v) is 9.04. The van der Waals surface area contributed by atoms with Crippen LogP contribution in [0.15, 0.2) is 30.3 Å². The van der Waals surface area contributed by atoms with Gasteiger partial charge in [-0.1, -0.05) is 37.3 Å². The normalized spacial score (nSPS) is 16.1. The number of benzene rings is 1. The van der Waals surface area contributed by atoms with Crippen molar-refractivity contribution in [2.45, 2.75) is 45.5 Å². The minimum absolute atomic E-state index is 0.119. The fraction of sp³-hybridized carbons (Fsp3) is 0.538. The SMILES string of the molecule is CCC(C)(O[Si](C)(C)C)c1ccccc1. The second-order valence-corrected chi connectivity index (χ2v) is 9.59. The van der Waals surface area contributed by atoms with E-state index in [9.17, 15) is 0 Å². The molecular formula is C13H22OSi. The van der Waals surface area contributed by atoms with E-state index >= 15 is 0 Å². The smallest absolute Gasteiger partial charge is 0.184 e. The van der Waals surface area contributed by atoms with Crippen molar-refractivity contribution in [3.8, 4) is 0 Å². The third-order valence-corrected chi connectivity index (χ3v) is 3.65. The summed E-state index contributed by atoms with van der Waals surface area (Å²) in [7, 11) is -1.50. The van der Waals surface area contributed by atoms with Crippen LogP contribution in [0, 0.1) is 0 Å². The van der Waals surface area contributed by atoms with Gasteiger partial charge in [0.25, 0.3) is 0 Å². The monoisotopic (exact) mass is 222 g/mol. The molecule has 0 bridgehead atoms. The molecule has 0 aromatic heterocycles. The molecule has 0 fully saturated rings. The van der Waals surface area contributed by atoms with Crippen LogP contribution in [0.2, 0.25) is 19.6 Å². The zero-order chi connectivity index (χ0) is 11.5. The zero-order valence-corrected chi connectivity index (χ0v) is 11.5. The predicted octanol–water partition coefficient (Wildman–Crippen LogP) is 4.16. The van der Waals surface area contributed by atoms with Crippen LogP contribution < -0.4 is 0 Å². The maximum atomic E-state index is 6.30. The van der Waals surface area contributed by atoms with Crippen LogP contribution in [0.1, 0.15) is 25.8 Å². The van der Waals surface area contributed by atoms with Crippen LogP contribution >= 0.6 is 0 Å². The predicted molar refractivity (Wildman–Crippen MR) is 68.5 cm³/mol. The molecule has 1 atom stereocenters. The van der Waals surface area contributed by atoms with Crippen molar-refractivity contribution in [2.24, 2.45) is 0 Å². The molecule has 0 aliphatic carbocycles. The maximum Gasteiger partial charge on any atom is 0.184 e. The molecule has 1 unspecified atom stereocenters. The van der Waals surface area contributed by atoms with Gasteiger partial charge in [-0.25, -0.2) is 0 Å². The van der Waals surface area contributed by atoms with E-state index in [2.05, 4.69) is 57.8 Å². The number of rotatable bonds is 4. The molecule has 0 saturated heterocycles. The maximum absolute atomic E-state index is 6.30. The van der Waals surface area contributed by atoms with Crippen LogP contribution in [-0.4, -0.2) is 8.32 Å². The van der Waals surface area contributed by atoms with Gasteiger partial charge in [0.05, 0.1) is 5.60 Å². The van der Waals surface area contributed by atoms with Crippen LogP contribution in [-0.2, 0) is 10.0 Å². The minimum atomic E-state index is -1.50. The highest BCUT2D eigenvalue weighted by Crippen LogP contribution is 2.31. The van der Waals surface area contributed by atoms with E-state index in [4.69, 9.17) is 4.43 Å². The lowest BCUT2D eigenvalue weighted by molar-refractivity contribution is 0.0741. The molecule has 0 N–H and O–H groups in total. The van der Waals surface area contributed by atoms with Gasteiger partial charge < -0.3 is 4.43 Å². The summed E-state index contributed by atoms with van der Waals surface area (Å²) in [5.41, 5.74) is 1.17. The summed E-state index contributed by atoms with van der Waals surface area (Å²) in [5, 5.41) is 0. The average Bonchev–Trinajstić information content (AvgIpc) is 2.16. The van der Waals surface area contributed by atoms with Gasteiger partial charge in [-0.2, -0.15) is 0 Å². The lowest BCUT2D eigenvalue weighted by Crippen LogP contribution is -2.38. The Balaban J connectivity index is 2.96. The van der Waals surface area contributed by atoms with Gasteiger partial charge in [-0.3, -0.25) is 0 Å².